The molecular formula is C12H14N2O6. The molecule has 8 nitrogen and oxygen atoms in total. The number of hydrogen-bond acceptors (Lipinski definition) is 5. The lowest BCUT2D eigenvalue weighted by Crippen LogP contribution is -2.44. The Kier molecular flexibility index (Phi) is 4.90. The SMILES string of the molecule is CC(NC(=O)CNC(=O)c1cccc(O)c1O)C(=O)O. The monoisotopic (exact) mass is 282 g/mol. The summed E-state index contributed by atoms with van der Waals surface area (Å²) >= 11 is 0. The minimum Gasteiger partial charge on any atom is -0.504 e. The van der Waals surface area contributed by atoms with E-state index in [1.54, 1.807) is 0 Å². The Morgan fingerprint density at radius 2 is 1.90 bits per heavy atom. The number of carboxylic acid groups (broad SMARTS) is 1. The third-order valence-electron chi connectivity index (χ3n) is 2.42. The summed E-state index contributed by atoms with van der Waals surface area (Å²) in [6.07, 6.45) is 0. The zero-order valence-corrected chi connectivity index (χ0v) is 10.6. The van der Waals surface area contributed by atoms with Crippen LogP contribution in [0.3, 0.4) is 0 Å². The van der Waals surface area contributed by atoms with Crippen LogP contribution in [0.5, 0.6) is 11.5 Å². The first-order valence-corrected chi connectivity index (χ1v) is 5.64. The Bertz CT molecular complexity index is 543. The van der Waals surface area contributed by atoms with Gasteiger partial charge in [-0.3, -0.25) is 14.4 Å². The number of amides is 2. The maximum Gasteiger partial charge on any atom is 0.325 e. The predicted molar refractivity (Wildman–Crippen MR) is 67.3 cm³/mol. The molecule has 0 aromatic heterocycles. The van der Waals surface area contributed by atoms with Gasteiger partial charge in [0.1, 0.15) is 6.04 Å². The molecule has 1 atom stereocenters. The molecule has 2 amide bonds. The lowest BCUT2D eigenvalue weighted by atomic mass is 10.1. The van der Waals surface area contributed by atoms with E-state index in [2.05, 4.69) is 10.6 Å². The Morgan fingerprint density at radius 1 is 1.25 bits per heavy atom. The molecule has 0 bridgehead atoms. The average molecular weight is 282 g/mol. The molecule has 0 aliphatic heterocycles. The molecular weight excluding hydrogens is 268 g/mol. The van der Waals surface area contributed by atoms with E-state index in [-0.39, 0.29) is 5.56 Å². The molecule has 1 unspecified atom stereocenters. The molecule has 0 aliphatic carbocycles. The molecule has 1 aromatic carbocycles. The molecule has 0 fully saturated rings. The molecule has 5 N–H and O–H groups in total. The van der Waals surface area contributed by atoms with Crippen LogP contribution in [-0.4, -0.2) is 45.7 Å². The molecule has 1 rings (SSSR count). The standard InChI is InChI=1S/C12H14N2O6/c1-6(12(19)20)14-9(16)5-13-11(18)7-3-2-4-8(15)10(7)17/h2-4,6,15,17H,5H2,1H3,(H,13,18)(H,14,16)(H,19,20). The van der Waals surface area contributed by atoms with Crippen LogP contribution >= 0.6 is 0 Å². The van der Waals surface area contributed by atoms with Crippen molar-refractivity contribution < 1.29 is 29.7 Å². The zero-order chi connectivity index (χ0) is 15.3. The van der Waals surface area contributed by atoms with E-state index in [0.717, 1.165) is 0 Å². The summed E-state index contributed by atoms with van der Waals surface area (Å²) in [5.74, 6) is -3.70. The second-order valence-electron chi connectivity index (χ2n) is 3.98. The highest BCUT2D eigenvalue weighted by Gasteiger charge is 2.17. The van der Waals surface area contributed by atoms with Gasteiger partial charge in [0.15, 0.2) is 11.5 Å². The molecule has 20 heavy (non-hydrogen) atoms. The highest BCUT2D eigenvalue weighted by molar-refractivity contribution is 5.99. The van der Waals surface area contributed by atoms with Gasteiger partial charge >= 0.3 is 5.97 Å². The first-order valence-electron chi connectivity index (χ1n) is 5.64. The largest absolute Gasteiger partial charge is 0.504 e. The van der Waals surface area contributed by atoms with Crippen LogP contribution in [0.2, 0.25) is 0 Å². The molecule has 8 heteroatoms. The lowest BCUT2D eigenvalue weighted by molar-refractivity contribution is -0.141. The van der Waals surface area contributed by atoms with Crippen molar-refractivity contribution in [2.45, 2.75) is 13.0 Å². The van der Waals surface area contributed by atoms with Gasteiger partial charge in [0, 0.05) is 0 Å². The summed E-state index contributed by atoms with van der Waals surface area (Å²) in [6, 6.07) is 2.75. The second-order valence-corrected chi connectivity index (χ2v) is 3.98. The zero-order valence-electron chi connectivity index (χ0n) is 10.6. The van der Waals surface area contributed by atoms with Crippen LogP contribution in [0.4, 0.5) is 0 Å². The van der Waals surface area contributed by atoms with E-state index in [4.69, 9.17) is 5.11 Å². The van der Waals surface area contributed by atoms with E-state index < -0.39 is 41.9 Å². The van der Waals surface area contributed by atoms with E-state index in [0.29, 0.717) is 0 Å². The van der Waals surface area contributed by atoms with Crippen molar-refractivity contribution in [1.82, 2.24) is 10.6 Å². The van der Waals surface area contributed by atoms with Gasteiger partial charge in [-0.05, 0) is 19.1 Å². The topological polar surface area (TPSA) is 136 Å². The summed E-state index contributed by atoms with van der Waals surface area (Å²) in [5.41, 5.74) is -0.191. The third kappa shape index (κ3) is 3.87. The number of carbonyl (C=O) groups is 3. The van der Waals surface area contributed by atoms with Gasteiger partial charge in [-0.2, -0.15) is 0 Å². The lowest BCUT2D eigenvalue weighted by Gasteiger charge is -2.10. The average Bonchev–Trinajstić information content (AvgIpc) is 2.39. The van der Waals surface area contributed by atoms with Gasteiger partial charge in [0.2, 0.25) is 5.91 Å². The molecule has 108 valence electrons. The van der Waals surface area contributed by atoms with Gasteiger partial charge in [0.05, 0.1) is 12.1 Å². The number of phenolic OH excluding ortho intramolecular Hbond substituents is 2. The van der Waals surface area contributed by atoms with Gasteiger partial charge in [-0.25, -0.2) is 0 Å². The summed E-state index contributed by atoms with van der Waals surface area (Å²) in [6.45, 7) is 0.828. The fraction of sp³-hybridized carbons (Fsp3) is 0.250. The van der Waals surface area contributed by atoms with E-state index in [1.165, 1.54) is 25.1 Å². The number of carbonyl (C=O) groups excluding carboxylic acids is 2. The molecule has 0 spiro atoms. The van der Waals surface area contributed by atoms with Crippen LogP contribution < -0.4 is 10.6 Å². The highest BCUT2D eigenvalue weighted by Crippen LogP contribution is 2.27. The molecule has 0 heterocycles. The smallest absolute Gasteiger partial charge is 0.325 e. The maximum absolute atomic E-state index is 11.7. The molecule has 1 aromatic rings. The number of rotatable bonds is 5. The van der Waals surface area contributed by atoms with Crippen molar-refractivity contribution >= 4 is 17.8 Å². The number of nitrogens with one attached hydrogen (secondary N) is 2. The summed E-state index contributed by atoms with van der Waals surface area (Å²) in [5, 5.41) is 31.6. The third-order valence-corrected chi connectivity index (χ3v) is 2.42. The number of hydrogen-bond donors (Lipinski definition) is 5. The number of carboxylic acids is 1. The van der Waals surface area contributed by atoms with Crippen LogP contribution in [0.25, 0.3) is 0 Å². The number of para-hydroxylation sites is 1. The van der Waals surface area contributed by atoms with E-state index >= 15 is 0 Å². The van der Waals surface area contributed by atoms with Gasteiger partial charge in [0.25, 0.3) is 5.91 Å². The van der Waals surface area contributed by atoms with Gasteiger partial charge < -0.3 is 26.0 Å². The summed E-state index contributed by atoms with van der Waals surface area (Å²) in [7, 11) is 0. The van der Waals surface area contributed by atoms with Crippen LogP contribution in [0, 0.1) is 0 Å². The van der Waals surface area contributed by atoms with Crippen molar-refractivity contribution in [3.8, 4) is 11.5 Å². The van der Waals surface area contributed by atoms with Crippen molar-refractivity contribution in [2.24, 2.45) is 0 Å². The van der Waals surface area contributed by atoms with E-state index in [9.17, 15) is 24.6 Å². The fourth-order valence-electron chi connectivity index (χ4n) is 1.32. The highest BCUT2D eigenvalue weighted by atomic mass is 16.4. The predicted octanol–water partition coefficient (Wildman–Crippen LogP) is -0.583. The first-order chi connectivity index (χ1) is 9.32. The Morgan fingerprint density at radius 3 is 2.50 bits per heavy atom. The Hall–Kier alpha value is -2.77. The van der Waals surface area contributed by atoms with Crippen molar-refractivity contribution in [3.05, 3.63) is 23.8 Å². The van der Waals surface area contributed by atoms with Crippen LogP contribution in [0.1, 0.15) is 17.3 Å². The maximum atomic E-state index is 11.7. The summed E-state index contributed by atoms with van der Waals surface area (Å²) in [4.78, 5) is 33.5. The quantitative estimate of drug-likeness (QED) is 0.458. The molecule has 0 saturated heterocycles. The minimum absolute atomic E-state index is 0.191. The van der Waals surface area contributed by atoms with Crippen molar-refractivity contribution in [2.75, 3.05) is 6.54 Å². The normalized spacial score (nSPS) is 11.4. The Balaban J connectivity index is 2.58. The van der Waals surface area contributed by atoms with Crippen molar-refractivity contribution in [1.29, 1.82) is 0 Å². The first kappa shape index (κ1) is 15.3. The number of aliphatic carboxylic acids is 1. The van der Waals surface area contributed by atoms with Gasteiger partial charge in [-0.1, -0.05) is 6.07 Å². The number of phenols is 2. The molecule has 0 saturated carbocycles. The Labute approximate surface area is 114 Å². The molecule has 0 radical (unpaired) electrons. The second kappa shape index (κ2) is 6.41. The van der Waals surface area contributed by atoms with Crippen LogP contribution in [0.15, 0.2) is 18.2 Å². The van der Waals surface area contributed by atoms with Crippen LogP contribution in [-0.2, 0) is 9.59 Å². The number of aromatic hydroxyl groups is 2. The van der Waals surface area contributed by atoms with Crippen molar-refractivity contribution in [3.63, 3.8) is 0 Å². The summed E-state index contributed by atoms with van der Waals surface area (Å²) < 4.78 is 0. The fourth-order valence-corrected chi connectivity index (χ4v) is 1.32. The van der Waals surface area contributed by atoms with Gasteiger partial charge in [-0.15, -0.1) is 0 Å². The number of benzene rings is 1. The van der Waals surface area contributed by atoms with E-state index in [1.807, 2.05) is 0 Å². The minimum atomic E-state index is -1.20. The molecule has 0 aliphatic rings.